The summed E-state index contributed by atoms with van der Waals surface area (Å²) in [6.45, 7) is 3.77. The number of carbonyl (C=O) groups is 2. The number of ether oxygens (including phenoxy) is 1. The van der Waals surface area contributed by atoms with Crippen LogP contribution >= 0.6 is 27.5 Å². The van der Waals surface area contributed by atoms with Gasteiger partial charge in [0.25, 0.3) is 0 Å². The van der Waals surface area contributed by atoms with E-state index in [2.05, 4.69) is 21.2 Å². The van der Waals surface area contributed by atoms with Gasteiger partial charge >= 0.3 is 0 Å². The predicted octanol–water partition coefficient (Wildman–Crippen LogP) is 3.78. The lowest BCUT2D eigenvalue weighted by atomic mass is 10.0. The van der Waals surface area contributed by atoms with Crippen molar-refractivity contribution in [2.75, 3.05) is 19.7 Å². The summed E-state index contributed by atoms with van der Waals surface area (Å²) in [6.07, 6.45) is 3.23. The van der Waals surface area contributed by atoms with Crippen molar-refractivity contribution in [2.24, 2.45) is 0 Å². The molecule has 138 valence electrons. The van der Waals surface area contributed by atoms with E-state index in [0.29, 0.717) is 36.6 Å². The zero-order valence-corrected chi connectivity index (χ0v) is 16.7. The third-order valence-corrected chi connectivity index (χ3v) is 5.00. The maximum Gasteiger partial charge on any atom is 0.222 e. The molecule has 1 aliphatic rings. The van der Waals surface area contributed by atoms with Crippen LogP contribution in [0.1, 0.15) is 39.0 Å². The lowest BCUT2D eigenvalue weighted by Gasteiger charge is -2.32. The Kier molecular flexibility index (Phi) is 8.03. The van der Waals surface area contributed by atoms with E-state index in [1.54, 1.807) is 12.1 Å². The average molecular weight is 432 g/mol. The van der Waals surface area contributed by atoms with Gasteiger partial charge in [-0.1, -0.05) is 34.5 Å². The molecule has 0 saturated carbocycles. The second-order valence-corrected chi connectivity index (χ2v) is 7.43. The molecule has 2 amide bonds. The smallest absolute Gasteiger partial charge is 0.222 e. The van der Waals surface area contributed by atoms with Crippen LogP contribution in [-0.2, 0) is 9.59 Å². The van der Waals surface area contributed by atoms with Gasteiger partial charge in [-0.05, 0) is 37.5 Å². The Morgan fingerprint density at radius 2 is 2.08 bits per heavy atom. The minimum atomic E-state index is 0.0331. The van der Waals surface area contributed by atoms with E-state index in [4.69, 9.17) is 16.3 Å². The Morgan fingerprint density at radius 1 is 1.36 bits per heavy atom. The first kappa shape index (κ1) is 20.0. The van der Waals surface area contributed by atoms with Crippen LogP contribution in [0.4, 0.5) is 0 Å². The van der Waals surface area contributed by atoms with Gasteiger partial charge in [-0.25, -0.2) is 0 Å². The summed E-state index contributed by atoms with van der Waals surface area (Å²) in [5.74, 6) is 0.845. The van der Waals surface area contributed by atoms with Crippen LogP contribution in [0.5, 0.6) is 5.75 Å². The molecule has 0 aliphatic carbocycles. The van der Waals surface area contributed by atoms with Gasteiger partial charge in [0.2, 0.25) is 11.8 Å². The largest absolute Gasteiger partial charge is 0.492 e. The lowest BCUT2D eigenvalue weighted by Crippen LogP contribution is -2.46. The molecule has 0 spiro atoms. The van der Waals surface area contributed by atoms with E-state index in [1.165, 1.54) is 0 Å². The van der Waals surface area contributed by atoms with Crippen LogP contribution in [0.2, 0.25) is 5.02 Å². The van der Waals surface area contributed by atoms with Crippen LogP contribution in [0.25, 0.3) is 0 Å². The van der Waals surface area contributed by atoms with Gasteiger partial charge in [-0.15, -0.1) is 0 Å². The van der Waals surface area contributed by atoms with Gasteiger partial charge in [-0.3, -0.25) is 9.59 Å². The zero-order chi connectivity index (χ0) is 18.2. The van der Waals surface area contributed by atoms with Crippen molar-refractivity contribution in [3.05, 3.63) is 27.7 Å². The summed E-state index contributed by atoms with van der Waals surface area (Å²) in [7, 11) is 0. The van der Waals surface area contributed by atoms with Crippen molar-refractivity contribution in [1.29, 1.82) is 0 Å². The first-order valence-electron chi connectivity index (χ1n) is 8.64. The van der Waals surface area contributed by atoms with E-state index in [1.807, 2.05) is 17.9 Å². The van der Waals surface area contributed by atoms with Gasteiger partial charge in [0, 0.05) is 36.4 Å². The highest BCUT2D eigenvalue weighted by atomic mass is 79.9. The number of piperidine rings is 1. The minimum absolute atomic E-state index is 0.0331. The molecule has 0 bridgehead atoms. The second-order valence-electron chi connectivity index (χ2n) is 6.10. The van der Waals surface area contributed by atoms with Crippen molar-refractivity contribution < 1.29 is 14.3 Å². The molecule has 1 aromatic carbocycles. The van der Waals surface area contributed by atoms with Gasteiger partial charge in [-0.2, -0.15) is 0 Å². The number of benzene rings is 1. The molecule has 1 aliphatic heterocycles. The average Bonchev–Trinajstić information content (AvgIpc) is 2.60. The van der Waals surface area contributed by atoms with Crippen molar-refractivity contribution in [1.82, 2.24) is 10.2 Å². The number of halogens is 2. The summed E-state index contributed by atoms with van der Waals surface area (Å²) in [6, 6.07) is 5.61. The molecular formula is C18H24BrClN2O3. The molecule has 2 rings (SSSR count). The molecule has 1 saturated heterocycles. The molecule has 0 aromatic heterocycles. The quantitative estimate of drug-likeness (QED) is 0.668. The fourth-order valence-electron chi connectivity index (χ4n) is 2.80. The summed E-state index contributed by atoms with van der Waals surface area (Å²) in [5.41, 5.74) is 0. The first-order chi connectivity index (χ1) is 12.0. The van der Waals surface area contributed by atoms with Gasteiger partial charge in [0.1, 0.15) is 5.75 Å². The van der Waals surface area contributed by atoms with E-state index < -0.39 is 0 Å². The number of rotatable bonds is 7. The van der Waals surface area contributed by atoms with Crippen molar-refractivity contribution in [3.8, 4) is 5.75 Å². The Bertz CT molecular complexity index is 604. The summed E-state index contributed by atoms with van der Waals surface area (Å²) in [4.78, 5) is 25.5. The third kappa shape index (κ3) is 6.51. The maximum absolute atomic E-state index is 12.0. The molecule has 1 N–H and O–H groups in total. The molecule has 1 aromatic rings. The van der Waals surface area contributed by atoms with Crippen molar-refractivity contribution in [2.45, 2.75) is 45.1 Å². The molecule has 0 atom stereocenters. The molecular weight excluding hydrogens is 408 g/mol. The summed E-state index contributed by atoms with van der Waals surface area (Å²) >= 11 is 9.43. The monoisotopic (exact) mass is 430 g/mol. The van der Waals surface area contributed by atoms with E-state index in [-0.39, 0.29) is 17.9 Å². The normalized spacial score (nSPS) is 15.1. The molecule has 1 fully saturated rings. The lowest BCUT2D eigenvalue weighted by molar-refractivity contribution is -0.132. The molecule has 0 unspecified atom stereocenters. The molecule has 0 radical (unpaired) electrons. The van der Waals surface area contributed by atoms with E-state index >= 15 is 0 Å². The van der Waals surface area contributed by atoms with Crippen molar-refractivity contribution in [3.63, 3.8) is 0 Å². The molecule has 5 nitrogen and oxygen atoms in total. The summed E-state index contributed by atoms with van der Waals surface area (Å²) < 4.78 is 6.51. The molecule has 1 heterocycles. The van der Waals surface area contributed by atoms with Gasteiger partial charge in [0.05, 0.1) is 11.6 Å². The van der Waals surface area contributed by atoms with Crippen LogP contribution in [0.3, 0.4) is 0 Å². The fraction of sp³-hybridized carbons (Fsp3) is 0.556. The van der Waals surface area contributed by atoms with E-state index in [9.17, 15) is 9.59 Å². The van der Waals surface area contributed by atoms with Gasteiger partial charge < -0.3 is 15.0 Å². The van der Waals surface area contributed by atoms with E-state index in [0.717, 1.165) is 30.4 Å². The number of hydrogen-bond acceptors (Lipinski definition) is 3. The van der Waals surface area contributed by atoms with Crippen molar-refractivity contribution >= 4 is 39.3 Å². The topological polar surface area (TPSA) is 58.6 Å². The Labute approximate surface area is 162 Å². The number of carbonyl (C=O) groups excluding carboxylic acids is 2. The number of amides is 2. The zero-order valence-electron chi connectivity index (χ0n) is 14.4. The number of nitrogens with zero attached hydrogens (tertiary/aromatic N) is 1. The molecule has 25 heavy (non-hydrogen) atoms. The first-order valence-corrected chi connectivity index (χ1v) is 9.81. The number of nitrogens with one attached hydrogen (secondary N) is 1. The SMILES string of the molecule is CCC(=O)N1CCC(NC(=O)CCCOc2ccc(Br)cc2Cl)CC1. The second kappa shape index (κ2) is 10.0. The molecule has 7 heteroatoms. The highest BCUT2D eigenvalue weighted by Gasteiger charge is 2.22. The fourth-order valence-corrected chi connectivity index (χ4v) is 3.53. The van der Waals surface area contributed by atoms with Crippen LogP contribution in [0.15, 0.2) is 22.7 Å². The summed E-state index contributed by atoms with van der Waals surface area (Å²) in [5, 5.41) is 3.60. The Hall–Kier alpha value is -1.27. The predicted molar refractivity (Wildman–Crippen MR) is 102 cm³/mol. The van der Waals surface area contributed by atoms with Gasteiger partial charge in [0.15, 0.2) is 0 Å². The Balaban J connectivity index is 1.62. The maximum atomic E-state index is 12.0. The third-order valence-electron chi connectivity index (χ3n) is 4.21. The highest BCUT2D eigenvalue weighted by Crippen LogP contribution is 2.27. The van der Waals surface area contributed by atoms with Crippen LogP contribution in [0, 0.1) is 0 Å². The number of likely N-dealkylation sites (tertiary alicyclic amines) is 1. The standard InChI is InChI=1S/C18H24BrClN2O3/c1-2-18(24)22-9-7-14(8-10-22)21-17(23)4-3-11-25-16-6-5-13(19)12-15(16)20/h5-6,12,14H,2-4,7-11H2,1H3,(H,21,23). The van der Waals surface area contributed by atoms with Crippen LogP contribution < -0.4 is 10.1 Å². The highest BCUT2D eigenvalue weighted by molar-refractivity contribution is 9.10. The Morgan fingerprint density at radius 3 is 2.72 bits per heavy atom. The minimum Gasteiger partial charge on any atom is -0.492 e. The number of hydrogen-bond donors (Lipinski definition) is 1. The van der Waals surface area contributed by atoms with Crippen LogP contribution in [-0.4, -0.2) is 42.5 Å².